The number of unbranched alkanes of at least 4 members (excludes halogenated alkanes) is 3. The summed E-state index contributed by atoms with van der Waals surface area (Å²) in [6.07, 6.45) is 15.6. The van der Waals surface area contributed by atoms with Gasteiger partial charge in [-0.2, -0.15) is 5.26 Å². The van der Waals surface area contributed by atoms with Crippen molar-refractivity contribution in [1.82, 2.24) is 0 Å². The van der Waals surface area contributed by atoms with E-state index in [0.717, 1.165) is 5.56 Å². The summed E-state index contributed by atoms with van der Waals surface area (Å²) < 4.78 is 0. The van der Waals surface area contributed by atoms with Gasteiger partial charge in [0.05, 0.1) is 11.6 Å². The average Bonchev–Trinajstić information content (AvgIpc) is 2.78. The van der Waals surface area contributed by atoms with E-state index in [4.69, 9.17) is 5.26 Å². The Morgan fingerprint density at radius 2 is 1.32 bits per heavy atom. The van der Waals surface area contributed by atoms with E-state index in [2.05, 4.69) is 49.4 Å². The first-order chi connectivity index (χ1) is 13.7. The van der Waals surface area contributed by atoms with Gasteiger partial charge in [0.1, 0.15) is 0 Å². The molecular formula is C27H33N. The largest absolute Gasteiger partial charge is 0.192 e. The summed E-state index contributed by atoms with van der Waals surface area (Å²) in [5, 5.41) is 8.98. The van der Waals surface area contributed by atoms with Gasteiger partial charge in [-0.15, -0.1) is 0 Å². The summed E-state index contributed by atoms with van der Waals surface area (Å²) in [5.74, 6) is 0. The third kappa shape index (κ3) is 3.75. The Bertz CT molecular complexity index is 798. The SMILES string of the molecule is CCCCCCC12CCC(c3ccc(-c4ccc(C#N)cc4)cc3)(CC1)CC2. The molecule has 2 aromatic carbocycles. The number of benzene rings is 2. The summed E-state index contributed by atoms with van der Waals surface area (Å²) in [6, 6.07) is 19.5. The molecule has 3 aliphatic carbocycles. The van der Waals surface area contributed by atoms with Crippen LogP contribution in [0.1, 0.15) is 88.7 Å². The second-order valence-corrected chi connectivity index (χ2v) is 9.36. The number of nitrogens with zero attached hydrogens (tertiary/aromatic N) is 1. The Labute approximate surface area is 170 Å². The summed E-state index contributed by atoms with van der Waals surface area (Å²) in [4.78, 5) is 0. The van der Waals surface area contributed by atoms with Gasteiger partial charge in [-0.05, 0) is 84.6 Å². The maximum Gasteiger partial charge on any atom is 0.0991 e. The van der Waals surface area contributed by atoms with Gasteiger partial charge in [-0.3, -0.25) is 0 Å². The van der Waals surface area contributed by atoms with E-state index in [0.29, 0.717) is 10.8 Å². The first-order valence-electron chi connectivity index (χ1n) is 11.3. The fourth-order valence-corrected chi connectivity index (χ4v) is 5.75. The van der Waals surface area contributed by atoms with Crippen molar-refractivity contribution >= 4 is 0 Å². The quantitative estimate of drug-likeness (QED) is 0.456. The Morgan fingerprint density at radius 1 is 0.750 bits per heavy atom. The fraction of sp³-hybridized carbons (Fsp3) is 0.519. The third-order valence-electron chi connectivity index (χ3n) is 7.81. The van der Waals surface area contributed by atoms with Crippen molar-refractivity contribution in [3.63, 3.8) is 0 Å². The lowest BCUT2D eigenvalue weighted by molar-refractivity contribution is 0.0305. The van der Waals surface area contributed by atoms with Crippen molar-refractivity contribution in [1.29, 1.82) is 5.26 Å². The second kappa shape index (κ2) is 8.12. The van der Waals surface area contributed by atoms with E-state index < -0.39 is 0 Å². The smallest absolute Gasteiger partial charge is 0.0991 e. The molecule has 1 nitrogen and oxygen atoms in total. The summed E-state index contributed by atoms with van der Waals surface area (Å²) >= 11 is 0. The van der Waals surface area contributed by atoms with Crippen LogP contribution in [-0.2, 0) is 5.41 Å². The molecule has 0 atom stereocenters. The molecule has 0 saturated heterocycles. The van der Waals surface area contributed by atoms with Crippen molar-refractivity contribution in [3.05, 3.63) is 59.7 Å². The summed E-state index contributed by atoms with van der Waals surface area (Å²) in [5.41, 5.74) is 5.85. The summed E-state index contributed by atoms with van der Waals surface area (Å²) in [6.45, 7) is 2.31. The number of hydrogen-bond donors (Lipinski definition) is 0. The molecule has 3 fully saturated rings. The molecule has 0 amide bonds. The van der Waals surface area contributed by atoms with Crippen LogP contribution < -0.4 is 0 Å². The van der Waals surface area contributed by atoms with Crippen LogP contribution in [0.4, 0.5) is 0 Å². The van der Waals surface area contributed by atoms with Gasteiger partial charge >= 0.3 is 0 Å². The van der Waals surface area contributed by atoms with Crippen molar-refractivity contribution < 1.29 is 0 Å². The van der Waals surface area contributed by atoms with Crippen molar-refractivity contribution in [2.24, 2.45) is 5.41 Å². The summed E-state index contributed by atoms with van der Waals surface area (Å²) in [7, 11) is 0. The highest BCUT2D eigenvalue weighted by molar-refractivity contribution is 5.64. The Kier molecular flexibility index (Phi) is 5.58. The maximum absolute atomic E-state index is 8.98. The van der Waals surface area contributed by atoms with Gasteiger partial charge < -0.3 is 0 Å². The highest BCUT2D eigenvalue weighted by atomic mass is 14.5. The van der Waals surface area contributed by atoms with Gasteiger partial charge in [-0.1, -0.05) is 69.0 Å². The van der Waals surface area contributed by atoms with E-state index >= 15 is 0 Å². The lowest BCUT2D eigenvalue weighted by Gasteiger charge is -2.54. The topological polar surface area (TPSA) is 23.8 Å². The molecule has 146 valence electrons. The van der Waals surface area contributed by atoms with Gasteiger partial charge in [0, 0.05) is 0 Å². The standard InChI is InChI=1S/C27H33N/c1-2-3-4-5-14-26-15-18-27(19-16-26,20-17-26)25-12-10-24(11-13-25)23-8-6-22(21-28)7-9-23/h6-13H,2-5,14-20H2,1H3. The van der Waals surface area contributed by atoms with Crippen molar-refractivity contribution in [2.45, 2.75) is 83.0 Å². The second-order valence-electron chi connectivity index (χ2n) is 9.36. The third-order valence-corrected chi connectivity index (χ3v) is 7.81. The monoisotopic (exact) mass is 371 g/mol. The first-order valence-corrected chi connectivity index (χ1v) is 11.3. The zero-order chi connectivity index (χ0) is 19.5. The molecule has 0 spiro atoms. The van der Waals surface area contributed by atoms with Crippen LogP contribution in [0, 0.1) is 16.7 Å². The van der Waals surface area contributed by atoms with Gasteiger partial charge in [0.2, 0.25) is 0 Å². The highest BCUT2D eigenvalue weighted by Gasteiger charge is 2.48. The van der Waals surface area contributed by atoms with Gasteiger partial charge in [0.25, 0.3) is 0 Å². The van der Waals surface area contributed by atoms with E-state index in [1.54, 1.807) is 5.56 Å². The average molecular weight is 372 g/mol. The van der Waals surface area contributed by atoms with Crippen LogP contribution in [0.15, 0.2) is 48.5 Å². The van der Waals surface area contributed by atoms with Crippen LogP contribution in [0.3, 0.4) is 0 Å². The first kappa shape index (κ1) is 19.3. The van der Waals surface area contributed by atoms with Crippen LogP contribution in [-0.4, -0.2) is 0 Å². The molecule has 0 radical (unpaired) electrons. The van der Waals surface area contributed by atoms with E-state index in [1.807, 2.05) is 12.1 Å². The molecule has 2 bridgehead atoms. The van der Waals surface area contributed by atoms with E-state index in [1.165, 1.54) is 81.8 Å². The lowest BCUT2D eigenvalue weighted by Crippen LogP contribution is -2.44. The van der Waals surface area contributed by atoms with E-state index in [9.17, 15) is 0 Å². The highest BCUT2D eigenvalue weighted by Crippen LogP contribution is 2.59. The molecule has 3 aliphatic rings. The molecule has 28 heavy (non-hydrogen) atoms. The number of fused-ring (bicyclic) bond motifs is 3. The van der Waals surface area contributed by atoms with Crippen LogP contribution in [0.25, 0.3) is 11.1 Å². The zero-order valence-electron chi connectivity index (χ0n) is 17.3. The number of nitriles is 1. The van der Waals surface area contributed by atoms with Crippen LogP contribution >= 0.6 is 0 Å². The van der Waals surface area contributed by atoms with Crippen molar-refractivity contribution in [3.8, 4) is 17.2 Å². The van der Waals surface area contributed by atoms with Crippen molar-refractivity contribution in [2.75, 3.05) is 0 Å². The molecule has 5 rings (SSSR count). The lowest BCUT2D eigenvalue weighted by atomic mass is 9.51. The molecule has 0 unspecified atom stereocenters. The Balaban J connectivity index is 1.42. The van der Waals surface area contributed by atoms with Gasteiger partial charge in [0.15, 0.2) is 0 Å². The minimum atomic E-state index is 0.439. The number of hydrogen-bond acceptors (Lipinski definition) is 1. The molecule has 1 heteroatoms. The molecule has 2 aromatic rings. The van der Waals surface area contributed by atoms with Crippen LogP contribution in [0.2, 0.25) is 0 Å². The molecule has 0 N–H and O–H groups in total. The molecule has 0 aromatic heterocycles. The minimum Gasteiger partial charge on any atom is -0.192 e. The molecule has 0 heterocycles. The predicted molar refractivity (Wildman–Crippen MR) is 117 cm³/mol. The predicted octanol–water partition coefficient (Wildman–Crippen LogP) is 7.79. The van der Waals surface area contributed by atoms with Crippen LogP contribution in [0.5, 0.6) is 0 Å². The Hall–Kier alpha value is -2.07. The zero-order valence-corrected chi connectivity index (χ0v) is 17.3. The number of rotatable bonds is 7. The molecular weight excluding hydrogens is 338 g/mol. The fourth-order valence-electron chi connectivity index (χ4n) is 5.75. The van der Waals surface area contributed by atoms with E-state index in [-0.39, 0.29) is 0 Å². The Morgan fingerprint density at radius 3 is 1.86 bits per heavy atom. The minimum absolute atomic E-state index is 0.439. The molecule has 0 aliphatic heterocycles. The normalized spacial score (nSPS) is 26.1. The maximum atomic E-state index is 8.98. The van der Waals surface area contributed by atoms with Gasteiger partial charge in [-0.25, -0.2) is 0 Å². The molecule has 3 saturated carbocycles.